The second-order valence-corrected chi connectivity index (χ2v) is 13.6. The molecule has 0 bridgehead atoms. The molecule has 240 valence electrons. The van der Waals surface area contributed by atoms with E-state index in [-0.39, 0.29) is 40.5 Å². The number of para-hydroxylation sites is 1. The number of rotatable bonds is 13. The SMILES string of the molecule is COc1cccc(CN(C(=O)CN(c2ccccc2Cl)S(=O)(=O)c2ccccc2)[C@H](Cc2ccccc2)C(=O)NC2CCCC2)c1. The van der Waals surface area contributed by atoms with Gasteiger partial charge in [0, 0.05) is 19.0 Å². The van der Waals surface area contributed by atoms with E-state index in [2.05, 4.69) is 5.32 Å². The van der Waals surface area contributed by atoms with E-state index in [1.807, 2.05) is 42.5 Å². The minimum absolute atomic E-state index is 0.0156. The molecule has 1 atom stereocenters. The largest absolute Gasteiger partial charge is 0.497 e. The number of halogens is 1. The summed E-state index contributed by atoms with van der Waals surface area (Å²) < 4.78 is 34.7. The molecule has 4 aromatic rings. The van der Waals surface area contributed by atoms with Crippen LogP contribution in [-0.2, 0) is 32.6 Å². The molecule has 46 heavy (non-hydrogen) atoms. The van der Waals surface area contributed by atoms with Gasteiger partial charge < -0.3 is 15.0 Å². The van der Waals surface area contributed by atoms with E-state index in [1.54, 1.807) is 61.7 Å². The summed E-state index contributed by atoms with van der Waals surface area (Å²) in [5, 5.41) is 3.36. The number of benzene rings is 4. The zero-order valence-electron chi connectivity index (χ0n) is 25.7. The molecule has 0 spiro atoms. The summed E-state index contributed by atoms with van der Waals surface area (Å²) in [6, 6.07) is 30.3. The van der Waals surface area contributed by atoms with E-state index in [9.17, 15) is 18.0 Å². The first-order valence-electron chi connectivity index (χ1n) is 15.4. The lowest BCUT2D eigenvalue weighted by Crippen LogP contribution is -2.54. The molecule has 10 heteroatoms. The minimum Gasteiger partial charge on any atom is -0.497 e. The second kappa shape index (κ2) is 15.3. The van der Waals surface area contributed by atoms with Crippen molar-refractivity contribution in [2.45, 2.75) is 55.6 Å². The third-order valence-corrected chi connectivity index (χ3v) is 10.3. The minimum atomic E-state index is -4.23. The van der Waals surface area contributed by atoms with Crippen LogP contribution in [0.2, 0.25) is 5.02 Å². The smallest absolute Gasteiger partial charge is 0.264 e. The van der Waals surface area contributed by atoms with Crippen LogP contribution in [0.25, 0.3) is 0 Å². The number of ether oxygens (including phenoxy) is 1. The predicted octanol–water partition coefficient (Wildman–Crippen LogP) is 6.24. The Hall–Kier alpha value is -4.34. The van der Waals surface area contributed by atoms with Gasteiger partial charge in [-0.05, 0) is 60.4 Å². The lowest BCUT2D eigenvalue weighted by Gasteiger charge is -2.34. The molecule has 0 aromatic heterocycles. The number of carbonyl (C=O) groups excluding carboxylic acids is 2. The van der Waals surface area contributed by atoms with E-state index in [4.69, 9.17) is 16.3 Å². The molecular formula is C36H38ClN3O5S. The number of anilines is 1. The van der Waals surface area contributed by atoms with Crippen molar-refractivity contribution in [3.63, 3.8) is 0 Å². The number of methoxy groups -OCH3 is 1. The van der Waals surface area contributed by atoms with Gasteiger partial charge in [-0.1, -0.05) is 97.2 Å². The maximum absolute atomic E-state index is 14.6. The van der Waals surface area contributed by atoms with Crippen molar-refractivity contribution in [1.82, 2.24) is 10.2 Å². The van der Waals surface area contributed by atoms with E-state index < -0.39 is 28.5 Å². The fourth-order valence-corrected chi connectivity index (χ4v) is 7.52. The summed E-state index contributed by atoms with van der Waals surface area (Å²) in [6.45, 7) is -0.527. The Morgan fingerprint density at radius 3 is 2.17 bits per heavy atom. The maximum Gasteiger partial charge on any atom is 0.264 e. The molecule has 1 fully saturated rings. The lowest BCUT2D eigenvalue weighted by atomic mass is 10.0. The number of nitrogens with zero attached hydrogens (tertiary/aromatic N) is 2. The predicted molar refractivity (Wildman–Crippen MR) is 180 cm³/mol. The highest BCUT2D eigenvalue weighted by atomic mass is 35.5. The molecule has 1 aliphatic rings. The summed E-state index contributed by atoms with van der Waals surface area (Å²) in [7, 11) is -2.67. The molecule has 8 nitrogen and oxygen atoms in total. The highest BCUT2D eigenvalue weighted by Gasteiger charge is 2.36. The quantitative estimate of drug-likeness (QED) is 0.183. The summed E-state index contributed by atoms with van der Waals surface area (Å²) >= 11 is 6.55. The molecule has 0 saturated heterocycles. The summed E-state index contributed by atoms with van der Waals surface area (Å²) in [4.78, 5) is 30.2. The third kappa shape index (κ3) is 8.08. The Labute approximate surface area is 276 Å². The zero-order chi connectivity index (χ0) is 32.5. The fourth-order valence-electron chi connectivity index (χ4n) is 5.78. The Morgan fingerprint density at radius 2 is 1.50 bits per heavy atom. The second-order valence-electron chi connectivity index (χ2n) is 11.3. The average molecular weight is 660 g/mol. The van der Waals surface area contributed by atoms with Crippen molar-refractivity contribution in [3.05, 3.63) is 125 Å². The van der Waals surface area contributed by atoms with Crippen molar-refractivity contribution in [2.24, 2.45) is 0 Å². The normalized spacial score (nSPS) is 14.0. The molecule has 1 aliphatic carbocycles. The molecule has 1 N–H and O–H groups in total. The van der Waals surface area contributed by atoms with Crippen molar-refractivity contribution in [2.75, 3.05) is 18.0 Å². The topological polar surface area (TPSA) is 96.0 Å². The van der Waals surface area contributed by atoms with E-state index in [1.165, 1.54) is 17.0 Å². The van der Waals surface area contributed by atoms with Crippen LogP contribution >= 0.6 is 11.6 Å². The van der Waals surface area contributed by atoms with Crippen molar-refractivity contribution >= 4 is 39.1 Å². The van der Waals surface area contributed by atoms with E-state index in [0.29, 0.717) is 5.75 Å². The van der Waals surface area contributed by atoms with Gasteiger partial charge >= 0.3 is 0 Å². The first kappa shape index (κ1) is 33.0. The molecule has 0 heterocycles. The van der Waals surface area contributed by atoms with Gasteiger partial charge in [0.25, 0.3) is 10.0 Å². The highest BCUT2D eigenvalue weighted by Crippen LogP contribution is 2.31. The van der Waals surface area contributed by atoms with Gasteiger partial charge in [-0.3, -0.25) is 13.9 Å². The van der Waals surface area contributed by atoms with Gasteiger partial charge in [0.15, 0.2) is 0 Å². The third-order valence-electron chi connectivity index (χ3n) is 8.19. The van der Waals surface area contributed by atoms with Crippen LogP contribution in [0.15, 0.2) is 114 Å². The van der Waals surface area contributed by atoms with Gasteiger partial charge in [0.1, 0.15) is 18.3 Å². The number of amides is 2. The van der Waals surface area contributed by atoms with Crippen LogP contribution in [0.4, 0.5) is 5.69 Å². The Kier molecular flexibility index (Phi) is 11.0. The van der Waals surface area contributed by atoms with Crippen LogP contribution in [0.1, 0.15) is 36.8 Å². The van der Waals surface area contributed by atoms with Crippen LogP contribution in [0, 0.1) is 0 Å². The number of nitrogens with one attached hydrogen (secondary N) is 1. The van der Waals surface area contributed by atoms with Crippen molar-refractivity contribution < 1.29 is 22.7 Å². The van der Waals surface area contributed by atoms with Gasteiger partial charge in [-0.25, -0.2) is 8.42 Å². The first-order chi connectivity index (χ1) is 22.3. The van der Waals surface area contributed by atoms with Gasteiger partial charge in [-0.2, -0.15) is 0 Å². The Bertz CT molecular complexity index is 1730. The molecule has 5 rings (SSSR count). The summed E-state index contributed by atoms with van der Waals surface area (Å²) in [5.41, 5.74) is 1.77. The molecule has 0 radical (unpaired) electrons. The monoisotopic (exact) mass is 659 g/mol. The van der Waals surface area contributed by atoms with Crippen LogP contribution in [0.5, 0.6) is 5.75 Å². The molecule has 0 aliphatic heterocycles. The van der Waals surface area contributed by atoms with Crippen LogP contribution in [0.3, 0.4) is 0 Å². The van der Waals surface area contributed by atoms with Crippen LogP contribution < -0.4 is 14.4 Å². The van der Waals surface area contributed by atoms with Crippen molar-refractivity contribution in [3.8, 4) is 5.75 Å². The Balaban J connectivity index is 1.58. The zero-order valence-corrected chi connectivity index (χ0v) is 27.3. The average Bonchev–Trinajstić information content (AvgIpc) is 3.59. The molecule has 1 saturated carbocycles. The lowest BCUT2D eigenvalue weighted by molar-refractivity contribution is -0.140. The fraction of sp³-hybridized carbons (Fsp3) is 0.278. The maximum atomic E-state index is 14.6. The first-order valence-corrected chi connectivity index (χ1v) is 17.2. The summed E-state index contributed by atoms with van der Waals surface area (Å²) in [6.07, 6.45) is 4.06. The van der Waals surface area contributed by atoms with E-state index >= 15 is 0 Å². The van der Waals surface area contributed by atoms with Crippen molar-refractivity contribution in [1.29, 1.82) is 0 Å². The summed E-state index contributed by atoms with van der Waals surface area (Å²) in [5.74, 6) is -0.226. The van der Waals surface area contributed by atoms with E-state index in [0.717, 1.165) is 41.1 Å². The van der Waals surface area contributed by atoms with Gasteiger partial charge in [0.05, 0.1) is 22.7 Å². The standard InChI is InChI=1S/C36H38ClN3O5S/c1-45-30-18-12-15-28(23-30)25-39(34(24-27-13-4-2-5-14-27)36(42)38-29-16-8-9-17-29)35(41)26-40(33-22-11-10-21-32(33)37)46(43,44)31-19-6-3-7-20-31/h2-7,10-15,18-23,29,34H,8-9,16-17,24-26H2,1H3,(H,38,42)/t34-/m1/s1. The number of carbonyl (C=O) groups is 2. The number of hydrogen-bond donors (Lipinski definition) is 1. The molecular weight excluding hydrogens is 622 g/mol. The molecule has 0 unspecified atom stereocenters. The highest BCUT2D eigenvalue weighted by molar-refractivity contribution is 7.92. The Morgan fingerprint density at radius 1 is 0.870 bits per heavy atom. The number of sulfonamides is 1. The number of hydrogen-bond acceptors (Lipinski definition) is 5. The molecule has 4 aromatic carbocycles. The van der Waals surface area contributed by atoms with Gasteiger partial charge in [-0.15, -0.1) is 0 Å². The molecule has 2 amide bonds. The van der Waals surface area contributed by atoms with Gasteiger partial charge in [0.2, 0.25) is 11.8 Å². The van der Waals surface area contributed by atoms with Crippen LogP contribution in [-0.4, -0.2) is 50.9 Å².